The molecule has 0 aliphatic heterocycles. The molecule has 2 aromatic rings. The lowest BCUT2D eigenvalue weighted by molar-refractivity contribution is -0.145. The quantitative estimate of drug-likeness (QED) is 0.738. The first-order valence-corrected chi connectivity index (χ1v) is 9.03. The van der Waals surface area contributed by atoms with Gasteiger partial charge >= 0.3 is 5.97 Å². The lowest BCUT2D eigenvalue weighted by Gasteiger charge is -2.24. The van der Waals surface area contributed by atoms with Crippen molar-refractivity contribution in [2.75, 3.05) is 26.7 Å². The maximum absolute atomic E-state index is 12.5. The zero-order valence-corrected chi connectivity index (χ0v) is 16.0. The zero-order chi connectivity index (χ0) is 19.1. The van der Waals surface area contributed by atoms with Crippen molar-refractivity contribution in [1.29, 1.82) is 0 Å². The molecule has 1 N–H and O–H groups in total. The van der Waals surface area contributed by atoms with E-state index in [4.69, 9.17) is 4.74 Å². The molecule has 2 aromatic carbocycles. The first kappa shape index (κ1) is 19.9. The third-order valence-corrected chi connectivity index (χ3v) is 4.62. The van der Waals surface area contributed by atoms with Gasteiger partial charge in [0.15, 0.2) is 0 Å². The van der Waals surface area contributed by atoms with Crippen molar-refractivity contribution in [2.24, 2.45) is 5.92 Å². The van der Waals surface area contributed by atoms with E-state index >= 15 is 0 Å². The van der Waals surface area contributed by atoms with Crippen molar-refractivity contribution in [3.8, 4) is 0 Å². The number of hydrogen-bond donors (Lipinski definition) is 1. The Kier molecular flexibility index (Phi) is 7.16. The van der Waals surface area contributed by atoms with Crippen LogP contribution in [0.25, 0.3) is 10.8 Å². The molecule has 0 aliphatic rings. The Bertz CT molecular complexity index is 755. The highest BCUT2D eigenvalue weighted by atomic mass is 16.5. The fraction of sp³-hybridized carbons (Fsp3) is 0.429. The monoisotopic (exact) mass is 356 g/mol. The van der Waals surface area contributed by atoms with Crippen molar-refractivity contribution in [1.82, 2.24) is 10.2 Å². The molecular weight excluding hydrogens is 328 g/mol. The van der Waals surface area contributed by atoms with Gasteiger partial charge in [0.05, 0.1) is 25.6 Å². The molecule has 5 nitrogen and oxygen atoms in total. The van der Waals surface area contributed by atoms with Crippen LogP contribution in [0.4, 0.5) is 0 Å². The van der Waals surface area contributed by atoms with E-state index in [2.05, 4.69) is 23.5 Å². The van der Waals surface area contributed by atoms with Crippen LogP contribution in [0.15, 0.2) is 42.5 Å². The molecular formula is C21H28N2O3. The second-order valence-electron chi connectivity index (χ2n) is 6.61. The molecule has 0 aliphatic carbocycles. The normalized spacial score (nSPS) is 13.4. The molecule has 0 radical (unpaired) electrons. The van der Waals surface area contributed by atoms with Crippen molar-refractivity contribution in [2.45, 2.75) is 26.8 Å². The molecule has 0 saturated heterocycles. The summed E-state index contributed by atoms with van der Waals surface area (Å²) in [4.78, 5) is 26.0. The summed E-state index contributed by atoms with van der Waals surface area (Å²) in [5, 5.41) is 5.38. The van der Waals surface area contributed by atoms with Gasteiger partial charge in [-0.15, -0.1) is 0 Å². The smallest absolute Gasteiger partial charge is 0.309 e. The van der Waals surface area contributed by atoms with E-state index in [0.29, 0.717) is 13.1 Å². The second-order valence-corrected chi connectivity index (χ2v) is 6.61. The van der Waals surface area contributed by atoms with Crippen molar-refractivity contribution in [3.05, 3.63) is 48.0 Å². The Morgan fingerprint density at radius 2 is 1.81 bits per heavy atom. The van der Waals surface area contributed by atoms with Gasteiger partial charge in [0, 0.05) is 6.54 Å². The van der Waals surface area contributed by atoms with Crippen LogP contribution in [0.3, 0.4) is 0 Å². The first-order valence-electron chi connectivity index (χ1n) is 9.03. The topological polar surface area (TPSA) is 58.6 Å². The van der Waals surface area contributed by atoms with E-state index < -0.39 is 0 Å². The number of methoxy groups -OCH3 is 1. The molecule has 0 spiro atoms. The summed E-state index contributed by atoms with van der Waals surface area (Å²) in [5.74, 6) is -0.569. The standard InChI is InChI=1S/C21H28N2O3/c1-5-23(13-15(2)21(25)26-4)14-20(24)22-16(3)18-12-8-10-17-9-6-7-11-19(17)18/h6-12,15-16H,5,13-14H2,1-4H3,(H,22,24). The number of hydrogen-bond acceptors (Lipinski definition) is 4. The Hall–Kier alpha value is -2.40. The van der Waals surface area contributed by atoms with Crippen LogP contribution >= 0.6 is 0 Å². The highest BCUT2D eigenvalue weighted by molar-refractivity contribution is 5.87. The predicted molar refractivity (Wildman–Crippen MR) is 104 cm³/mol. The molecule has 2 atom stereocenters. The summed E-state index contributed by atoms with van der Waals surface area (Å²) in [6.45, 7) is 7.23. The number of esters is 1. The average molecular weight is 356 g/mol. The van der Waals surface area contributed by atoms with E-state index in [0.717, 1.165) is 16.3 Å². The summed E-state index contributed by atoms with van der Waals surface area (Å²) in [6, 6.07) is 14.2. The zero-order valence-electron chi connectivity index (χ0n) is 16.0. The molecule has 140 valence electrons. The summed E-state index contributed by atoms with van der Waals surface area (Å²) >= 11 is 0. The summed E-state index contributed by atoms with van der Waals surface area (Å²) in [6.07, 6.45) is 0. The van der Waals surface area contributed by atoms with Crippen LogP contribution in [0.2, 0.25) is 0 Å². The van der Waals surface area contributed by atoms with Crippen LogP contribution in [0, 0.1) is 5.92 Å². The number of nitrogens with one attached hydrogen (secondary N) is 1. The Balaban J connectivity index is 2.00. The van der Waals surface area contributed by atoms with Gasteiger partial charge in [-0.25, -0.2) is 0 Å². The minimum absolute atomic E-state index is 0.0515. The maximum atomic E-state index is 12.5. The van der Waals surface area contributed by atoms with E-state index in [1.165, 1.54) is 7.11 Å². The molecule has 0 aromatic heterocycles. The highest BCUT2D eigenvalue weighted by Crippen LogP contribution is 2.23. The Morgan fingerprint density at radius 3 is 2.50 bits per heavy atom. The number of fused-ring (bicyclic) bond motifs is 1. The molecule has 0 saturated carbocycles. The largest absolute Gasteiger partial charge is 0.469 e. The highest BCUT2D eigenvalue weighted by Gasteiger charge is 2.19. The van der Waals surface area contributed by atoms with Gasteiger partial charge in [-0.3, -0.25) is 14.5 Å². The number of amides is 1. The first-order chi connectivity index (χ1) is 12.5. The Morgan fingerprint density at radius 1 is 1.12 bits per heavy atom. The Labute approximate surface area is 155 Å². The van der Waals surface area contributed by atoms with Crippen molar-refractivity contribution in [3.63, 3.8) is 0 Å². The van der Waals surface area contributed by atoms with Crippen LogP contribution in [-0.4, -0.2) is 43.5 Å². The fourth-order valence-corrected chi connectivity index (χ4v) is 3.16. The van der Waals surface area contributed by atoms with Crippen LogP contribution < -0.4 is 5.32 Å². The minimum atomic E-state index is -0.261. The van der Waals surface area contributed by atoms with Gasteiger partial charge in [0.25, 0.3) is 0 Å². The number of ether oxygens (including phenoxy) is 1. The summed E-state index contributed by atoms with van der Waals surface area (Å²) in [7, 11) is 1.38. The molecule has 0 heterocycles. The number of rotatable bonds is 8. The number of carbonyl (C=O) groups excluding carboxylic acids is 2. The molecule has 1 amide bonds. The summed E-state index contributed by atoms with van der Waals surface area (Å²) in [5.41, 5.74) is 1.10. The van der Waals surface area contributed by atoms with Gasteiger partial charge in [-0.2, -0.15) is 0 Å². The van der Waals surface area contributed by atoms with Gasteiger partial charge in [0.1, 0.15) is 0 Å². The van der Waals surface area contributed by atoms with Gasteiger partial charge in [-0.05, 0) is 29.8 Å². The molecule has 5 heteroatoms. The van der Waals surface area contributed by atoms with E-state index in [-0.39, 0.29) is 30.4 Å². The van der Waals surface area contributed by atoms with Gasteiger partial charge in [-0.1, -0.05) is 56.3 Å². The van der Waals surface area contributed by atoms with Crippen LogP contribution in [0.5, 0.6) is 0 Å². The van der Waals surface area contributed by atoms with Gasteiger partial charge < -0.3 is 10.1 Å². The molecule has 0 bridgehead atoms. The van der Waals surface area contributed by atoms with E-state index in [9.17, 15) is 9.59 Å². The summed E-state index contributed by atoms with van der Waals surface area (Å²) < 4.78 is 4.76. The van der Waals surface area contributed by atoms with Gasteiger partial charge in [0.2, 0.25) is 5.91 Å². The van der Waals surface area contributed by atoms with Crippen LogP contribution in [-0.2, 0) is 14.3 Å². The van der Waals surface area contributed by atoms with Crippen molar-refractivity contribution >= 4 is 22.6 Å². The number of benzene rings is 2. The molecule has 2 rings (SSSR count). The van der Waals surface area contributed by atoms with Crippen LogP contribution in [0.1, 0.15) is 32.4 Å². The predicted octanol–water partition coefficient (Wildman–Crippen LogP) is 3.15. The number of nitrogens with zero attached hydrogens (tertiary/aromatic N) is 1. The number of likely N-dealkylation sites (N-methyl/N-ethyl adjacent to an activating group) is 1. The molecule has 0 fully saturated rings. The third-order valence-electron chi connectivity index (χ3n) is 4.62. The fourth-order valence-electron chi connectivity index (χ4n) is 3.16. The van der Waals surface area contributed by atoms with E-state index in [1.54, 1.807) is 0 Å². The molecule has 2 unspecified atom stereocenters. The van der Waals surface area contributed by atoms with Crippen molar-refractivity contribution < 1.29 is 14.3 Å². The number of carbonyl (C=O) groups is 2. The SMILES string of the molecule is CCN(CC(=O)NC(C)c1cccc2ccccc12)CC(C)C(=O)OC. The third kappa shape index (κ3) is 5.05. The average Bonchev–Trinajstić information content (AvgIpc) is 2.65. The van der Waals surface area contributed by atoms with E-state index in [1.807, 2.05) is 49.9 Å². The second kappa shape index (κ2) is 9.34. The minimum Gasteiger partial charge on any atom is -0.469 e. The lowest BCUT2D eigenvalue weighted by Crippen LogP contribution is -2.41. The lowest BCUT2D eigenvalue weighted by atomic mass is 10.00. The maximum Gasteiger partial charge on any atom is 0.309 e. The molecule has 26 heavy (non-hydrogen) atoms.